The molecule has 0 atom stereocenters. The van der Waals surface area contributed by atoms with Gasteiger partial charge in [0.2, 0.25) is 0 Å². The van der Waals surface area contributed by atoms with Gasteiger partial charge in [0.1, 0.15) is 4.88 Å². The molecule has 1 aliphatic rings. The summed E-state index contributed by atoms with van der Waals surface area (Å²) in [5.41, 5.74) is 1.22. The third-order valence-corrected chi connectivity index (χ3v) is 4.52. The Morgan fingerprint density at radius 2 is 1.91 bits per heavy atom. The molecule has 5 heteroatoms. The summed E-state index contributed by atoms with van der Waals surface area (Å²) in [7, 11) is 0. The quantitative estimate of drug-likeness (QED) is 0.870. The molecule has 1 aromatic carbocycles. The minimum Gasteiger partial charge on any atom is -0.335 e. The fourth-order valence-corrected chi connectivity index (χ4v) is 3.08. The van der Waals surface area contributed by atoms with Crippen molar-refractivity contribution in [3.8, 4) is 0 Å². The predicted molar refractivity (Wildman–Crippen MR) is 89.9 cm³/mol. The van der Waals surface area contributed by atoms with Crippen LogP contribution in [0, 0.1) is 0 Å². The molecular weight excluding hydrogens is 294 g/mol. The molecule has 0 aliphatic carbocycles. The van der Waals surface area contributed by atoms with Gasteiger partial charge >= 0.3 is 0 Å². The zero-order chi connectivity index (χ0) is 15.2. The van der Waals surface area contributed by atoms with Crippen molar-refractivity contribution in [2.24, 2.45) is 0 Å². The largest absolute Gasteiger partial charge is 0.335 e. The van der Waals surface area contributed by atoms with Gasteiger partial charge in [0.25, 0.3) is 5.91 Å². The second-order valence-corrected chi connectivity index (χ2v) is 6.12. The maximum absolute atomic E-state index is 12.2. The summed E-state index contributed by atoms with van der Waals surface area (Å²) < 4.78 is 4.00. The van der Waals surface area contributed by atoms with Gasteiger partial charge < -0.3 is 4.90 Å². The van der Waals surface area contributed by atoms with Crippen molar-refractivity contribution in [1.82, 2.24) is 14.2 Å². The van der Waals surface area contributed by atoms with Crippen LogP contribution in [0.1, 0.15) is 15.2 Å². The van der Waals surface area contributed by atoms with E-state index in [0.29, 0.717) is 0 Å². The van der Waals surface area contributed by atoms with Crippen molar-refractivity contribution in [2.75, 3.05) is 32.7 Å². The first-order chi connectivity index (χ1) is 10.8. The molecule has 2 heterocycles. The summed E-state index contributed by atoms with van der Waals surface area (Å²) in [6.45, 7) is 4.34. The van der Waals surface area contributed by atoms with Gasteiger partial charge in [-0.3, -0.25) is 9.69 Å². The number of aromatic nitrogens is 1. The van der Waals surface area contributed by atoms with Gasteiger partial charge in [-0.2, -0.15) is 0 Å². The van der Waals surface area contributed by atoms with Crippen LogP contribution >= 0.6 is 11.5 Å². The van der Waals surface area contributed by atoms with Gasteiger partial charge in [-0.1, -0.05) is 42.5 Å². The Bertz CT molecular complexity index is 617. The fraction of sp³-hybridized carbons (Fsp3) is 0.294. The van der Waals surface area contributed by atoms with Crippen LogP contribution in [0.3, 0.4) is 0 Å². The van der Waals surface area contributed by atoms with Crippen molar-refractivity contribution in [2.45, 2.75) is 0 Å². The Labute approximate surface area is 134 Å². The number of piperazine rings is 1. The summed E-state index contributed by atoms with van der Waals surface area (Å²) in [5, 5.41) is 0. The van der Waals surface area contributed by atoms with Gasteiger partial charge in [-0.25, -0.2) is 4.37 Å². The van der Waals surface area contributed by atoms with Crippen LogP contribution in [-0.4, -0.2) is 52.8 Å². The molecule has 0 radical (unpaired) electrons. The van der Waals surface area contributed by atoms with Gasteiger partial charge in [0.05, 0.1) is 0 Å². The van der Waals surface area contributed by atoms with Gasteiger partial charge in [-0.05, 0) is 23.2 Å². The van der Waals surface area contributed by atoms with E-state index < -0.39 is 0 Å². The van der Waals surface area contributed by atoms with Crippen LogP contribution in [0.2, 0.25) is 0 Å². The molecule has 1 saturated heterocycles. The topological polar surface area (TPSA) is 36.4 Å². The highest BCUT2D eigenvalue weighted by Crippen LogP contribution is 2.11. The molecule has 0 spiro atoms. The molecule has 1 amide bonds. The predicted octanol–water partition coefficient (Wildman–Crippen LogP) is 2.61. The Morgan fingerprint density at radius 1 is 1.14 bits per heavy atom. The van der Waals surface area contributed by atoms with E-state index in [2.05, 4.69) is 33.6 Å². The zero-order valence-electron chi connectivity index (χ0n) is 12.4. The first-order valence-corrected chi connectivity index (χ1v) is 8.24. The van der Waals surface area contributed by atoms with E-state index in [-0.39, 0.29) is 5.91 Å². The number of rotatable bonds is 4. The Hall–Kier alpha value is -1.98. The maximum Gasteiger partial charge on any atom is 0.265 e. The van der Waals surface area contributed by atoms with Crippen LogP contribution in [0.15, 0.2) is 48.7 Å². The molecule has 1 aliphatic heterocycles. The highest BCUT2D eigenvalue weighted by atomic mass is 32.1. The molecule has 2 aromatic rings. The van der Waals surface area contributed by atoms with E-state index in [1.165, 1.54) is 17.1 Å². The number of benzene rings is 1. The van der Waals surface area contributed by atoms with Gasteiger partial charge in [0.15, 0.2) is 0 Å². The van der Waals surface area contributed by atoms with Crippen LogP contribution < -0.4 is 0 Å². The minimum absolute atomic E-state index is 0.113. The molecule has 114 valence electrons. The lowest BCUT2D eigenvalue weighted by Gasteiger charge is -2.33. The lowest BCUT2D eigenvalue weighted by atomic mass is 10.2. The third-order valence-electron chi connectivity index (χ3n) is 3.78. The fourth-order valence-electron chi connectivity index (χ4n) is 2.52. The molecule has 4 nitrogen and oxygen atoms in total. The van der Waals surface area contributed by atoms with E-state index >= 15 is 0 Å². The SMILES string of the molecule is O=C(c1ccns1)N1CCN(C/C=C/c2ccccc2)CC1. The highest BCUT2D eigenvalue weighted by molar-refractivity contribution is 7.08. The number of carbonyl (C=O) groups excluding carboxylic acids is 1. The molecule has 1 fully saturated rings. The van der Waals surface area contributed by atoms with Crippen LogP contribution in [-0.2, 0) is 0 Å². The van der Waals surface area contributed by atoms with Crippen molar-refractivity contribution in [1.29, 1.82) is 0 Å². The van der Waals surface area contributed by atoms with Crippen molar-refractivity contribution in [3.63, 3.8) is 0 Å². The summed E-state index contributed by atoms with van der Waals surface area (Å²) in [6, 6.07) is 12.1. The van der Waals surface area contributed by atoms with Crippen molar-refractivity contribution < 1.29 is 4.79 Å². The Kier molecular flexibility index (Phi) is 4.98. The summed E-state index contributed by atoms with van der Waals surface area (Å²) >= 11 is 1.27. The number of carbonyl (C=O) groups is 1. The first kappa shape index (κ1) is 14.9. The van der Waals surface area contributed by atoms with E-state index in [0.717, 1.165) is 37.6 Å². The number of hydrogen-bond donors (Lipinski definition) is 0. The van der Waals surface area contributed by atoms with Gasteiger partial charge in [-0.15, -0.1) is 0 Å². The molecule has 3 rings (SSSR count). The Balaban J connectivity index is 1.46. The monoisotopic (exact) mass is 313 g/mol. The molecule has 0 unspecified atom stereocenters. The smallest absolute Gasteiger partial charge is 0.265 e. The normalized spacial score (nSPS) is 16.3. The summed E-state index contributed by atoms with van der Waals surface area (Å²) in [4.78, 5) is 17.3. The number of amides is 1. The molecule has 22 heavy (non-hydrogen) atoms. The maximum atomic E-state index is 12.2. The number of hydrogen-bond acceptors (Lipinski definition) is 4. The molecule has 0 saturated carbocycles. The van der Waals surface area contributed by atoms with Gasteiger partial charge in [0, 0.05) is 38.9 Å². The standard InChI is InChI=1S/C17H19N3OS/c21-17(16-8-9-18-22-16)20-13-11-19(12-14-20)10-4-7-15-5-2-1-3-6-15/h1-9H,10-14H2/b7-4+. The van der Waals surface area contributed by atoms with E-state index in [9.17, 15) is 4.79 Å². The second-order valence-electron chi connectivity index (χ2n) is 5.28. The van der Waals surface area contributed by atoms with Crippen LogP contribution in [0.25, 0.3) is 6.08 Å². The third kappa shape index (κ3) is 3.81. The molecule has 0 bridgehead atoms. The van der Waals surface area contributed by atoms with Crippen LogP contribution in [0.4, 0.5) is 0 Å². The average molecular weight is 313 g/mol. The lowest BCUT2D eigenvalue weighted by molar-refractivity contribution is 0.0655. The van der Waals surface area contributed by atoms with Crippen molar-refractivity contribution >= 4 is 23.5 Å². The summed E-state index contributed by atoms with van der Waals surface area (Å²) in [6.07, 6.45) is 6.02. The summed E-state index contributed by atoms with van der Waals surface area (Å²) in [5.74, 6) is 0.113. The molecule has 0 N–H and O–H groups in total. The average Bonchev–Trinajstić information content (AvgIpc) is 3.10. The molecule has 1 aromatic heterocycles. The van der Waals surface area contributed by atoms with Crippen LogP contribution in [0.5, 0.6) is 0 Å². The highest BCUT2D eigenvalue weighted by Gasteiger charge is 2.22. The number of nitrogens with zero attached hydrogens (tertiary/aromatic N) is 3. The van der Waals surface area contributed by atoms with E-state index in [1.807, 2.05) is 23.1 Å². The van der Waals surface area contributed by atoms with E-state index in [4.69, 9.17) is 0 Å². The van der Waals surface area contributed by atoms with Crippen molar-refractivity contribution in [3.05, 3.63) is 59.1 Å². The second kappa shape index (κ2) is 7.33. The zero-order valence-corrected chi connectivity index (χ0v) is 13.2. The first-order valence-electron chi connectivity index (χ1n) is 7.47. The lowest BCUT2D eigenvalue weighted by Crippen LogP contribution is -2.48. The minimum atomic E-state index is 0.113. The van der Waals surface area contributed by atoms with E-state index in [1.54, 1.807) is 12.3 Å². The Morgan fingerprint density at radius 3 is 2.59 bits per heavy atom. The molecular formula is C17H19N3OS.